The summed E-state index contributed by atoms with van der Waals surface area (Å²) in [4.78, 5) is 2.66. The molecular formula is C15H32N2S. The minimum atomic E-state index is 0.785. The molecule has 108 valence electrons. The highest BCUT2D eigenvalue weighted by molar-refractivity contribution is 7.99. The smallest absolute Gasteiger partial charge is 0.00727 e. The average Bonchev–Trinajstić information content (AvgIpc) is 2.28. The van der Waals surface area contributed by atoms with E-state index in [1.165, 1.54) is 51.3 Å². The molecule has 1 fully saturated rings. The van der Waals surface area contributed by atoms with E-state index in [0.717, 1.165) is 17.1 Å². The van der Waals surface area contributed by atoms with Gasteiger partial charge in [-0.1, -0.05) is 27.7 Å². The molecule has 1 saturated heterocycles. The summed E-state index contributed by atoms with van der Waals surface area (Å²) < 4.78 is 0. The third-order valence-corrected chi connectivity index (χ3v) is 4.66. The van der Waals surface area contributed by atoms with Crippen LogP contribution in [0.2, 0.25) is 0 Å². The number of hydrogen-bond acceptors (Lipinski definition) is 3. The third-order valence-electron chi connectivity index (χ3n) is 3.29. The van der Waals surface area contributed by atoms with E-state index in [9.17, 15) is 0 Å². The molecule has 0 aliphatic carbocycles. The van der Waals surface area contributed by atoms with Crippen molar-refractivity contribution in [2.24, 2.45) is 11.8 Å². The van der Waals surface area contributed by atoms with Gasteiger partial charge in [-0.3, -0.25) is 0 Å². The first kappa shape index (κ1) is 16.3. The van der Waals surface area contributed by atoms with Crippen molar-refractivity contribution in [2.45, 2.75) is 45.8 Å². The minimum absolute atomic E-state index is 0.785. The normalized spacial score (nSPS) is 18.2. The molecule has 0 atom stereocenters. The molecule has 0 radical (unpaired) electrons. The lowest BCUT2D eigenvalue weighted by Crippen LogP contribution is -2.34. The zero-order valence-electron chi connectivity index (χ0n) is 12.7. The molecule has 1 heterocycles. The second-order valence-corrected chi connectivity index (χ2v) is 7.78. The second kappa shape index (κ2) is 9.22. The summed E-state index contributed by atoms with van der Waals surface area (Å²) in [5, 5.41) is 4.35. The number of piperidine rings is 1. The van der Waals surface area contributed by atoms with Crippen LogP contribution in [0.15, 0.2) is 0 Å². The number of nitrogens with one attached hydrogen (secondary N) is 1. The van der Waals surface area contributed by atoms with Crippen LogP contribution >= 0.6 is 11.8 Å². The van der Waals surface area contributed by atoms with E-state index in [1.807, 2.05) is 0 Å². The van der Waals surface area contributed by atoms with E-state index < -0.39 is 0 Å². The summed E-state index contributed by atoms with van der Waals surface area (Å²) in [5.74, 6) is 2.88. The van der Waals surface area contributed by atoms with Crippen LogP contribution in [0.25, 0.3) is 0 Å². The first-order valence-electron chi connectivity index (χ1n) is 7.62. The Morgan fingerprint density at radius 2 is 1.61 bits per heavy atom. The first-order valence-corrected chi connectivity index (χ1v) is 8.67. The Morgan fingerprint density at radius 3 is 2.11 bits per heavy atom. The highest BCUT2D eigenvalue weighted by Crippen LogP contribution is 2.20. The topological polar surface area (TPSA) is 15.3 Å². The quantitative estimate of drug-likeness (QED) is 0.731. The van der Waals surface area contributed by atoms with Gasteiger partial charge in [0.2, 0.25) is 0 Å². The van der Waals surface area contributed by atoms with Crippen LogP contribution in [-0.2, 0) is 0 Å². The van der Waals surface area contributed by atoms with Crippen LogP contribution in [-0.4, -0.2) is 48.6 Å². The zero-order chi connectivity index (χ0) is 13.4. The molecule has 1 N–H and O–H groups in total. The lowest BCUT2D eigenvalue weighted by Gasteiger charge is -2.27. The summed E-state index contributed by atoms with van der Waals surface area (Å²) in [5.41, 5.74) is 0. The van der Waals surface area contributed by atoms with Gasteiger partial charge in [0.05, 0.1) is 0 Å². The Hall–Kier alpha value is 0.270. The van der Waals surface area contributed by atoms with Crippen molar-refractivity contribution in [3.8, 4) is 0 Å². The van der Waals surface area contributed by atoms with Crippen molar-refractivity contribution in [1.82, 2.24) is 10.2 Å². The summed E-state index contributed by atoms with van der Waals surface area (Å²) in [6.07, 6.45) is 2.72. The lowest BCUT2D eigenvalue weighted by atomic mass is 10.1. The van der Waals surface area contributed by atoms with Gasteiger partial charge in [0.15, 0.2) is 0 Å². The molecule has 1 rings (SSSR count). The van der Waals surface area contributed by atoms with Crippen molar-refractivity contribution >= 4 is 11.8 Å². The molecule has 0 spiro atoms. The van der Waals surface area contributed by atoms with Gasteiger partial charge in [-0.25, -0.2) is 0 Å². The van der Waals surface area contributed by atoms with E-state index >= 15 is 0 Å². The van der Waals surface area contributed by atoms with Gasteiger partial charge in [0.1, 0.15) is 0 Å². The Labute approximate surface area is 118 Å². The predicted molar refractivity (Wildman–Crippen MR) is 84.5 cm³/mol. The molecule has 0 amide bonds. The van der Waals surface area contributed by atoms with Gasteiger partial charge in [-0.2, -0.15) is 11.8 Å². The molecule has 0 saturated carbocycles. The molecule has 0 unspecified atom stereocenters. The molecule has 0 aromatic carbocycles. The highest BCUT2D eigenvalue weighted by atomic mass is 32.2. The maximum Gasteiger partial charge on any atom is 0.00727 e. The van der Waals surface area contributed by atoms with E-state index in [-0.39, 0.29) is 0 Å². The van der Waals surface area contributed by atoms with Gasteiger partial charge >= 0.3 is 0 Å². The van der Waals surface area contributed by atoms with Crippen molar-refractivity contribution in [3.63, 3.8) is 0 Å². The van der Waals surface area contributed by atoms with Crippen LogP contribution in [0.1, 0.15) is 40.5 Å². The number of rotatable bonds is 8. The fraction of sp³-hybridized carbons (Fsp3) is 1.00. The van der Waals surface area contributed by atoms with Gasteiger partial charge in [0, 0.05) is 30.6 Å². The van der Waals surface area contributed by atoms with Gasteiger partial charge < -0.3 is 10.2 Å². The van der Waals surface area contributed by atoms with Crippen molar-refractivity contribution in [2.75, 3.05) is 38.5 Å². The molecule has 1 aliphatic rings. The van der Waals surface area contributed by atoms with Crippen LogP contribution < -0.4 is 5.32 Å². The fourth-order valence-corrected chi connectivity index (χ4v) is 3.87. The SMILES string of the molecule is CC(C)CN(CCSC1CCNCC1)CC(C)C. The average molecular weight is 273 g/mol. The summed E-state index contributed by atoms with van der Waals surface area (Å²) in [6.45, 7) is 15.5. The maximum atomic E-state index is 3.44. The van der Waals surface area contributed by atoms with E-state index in [4.69, 9.17) is 0 Å². The molecule has 0 aromatic heterocycles. The minimum Gasteiger partial charge on any atom is -0.317 e. The standard InChI is InChI=1S/C15H32N2S/c1-13(2)11-17(12-14(3)4)9-10-18-15-5-7-16-8-6-15/h13-16H,5-12H2,1-4H3. The van der Waals surface area contributed by atoms with E-state index in [0.29, 0.717) is 0 Å². The van der Waals surface area contributed by atoms with Gasteiger partial charge in [-0.15, -0.1) is 0 Å². The highest BCUT2D eigenvalue weighted by Gasteiger charge is 2.14. The molecule has 1 aliphatic heterocycles. The Kier molecular flexibility index (Phi) is 8.36. The van der Waals surface area contributed by atoms with Crippen molar-refractivity contribution in [3.05, 3.63) is 0 Å². The Balaban J connectivity index is 2.18. The number of nitrogens with zero attached hydrogens (tertiary/aromatic N) is 1. The van der Waals surface area contributed by atoms with Crippen molar-refractivity contribution < 1.29 is 0 Å². The largest absolute Gasteiger partial charge is 0.317 e. The summed E-state index contributed by atoms with van der Waals surface area (Å²) in [6, 6.07) is 0. The molecule has 0 bridgehead atoms. The molecular weight excluding hydrogens is 240 g/mol. The van der Waals surface area contributed by atoms with Crippen molar-refractivity contribution in [1.29, 1.82) is 0 Å². The van der Waals surface area contributed by atoms with E-state index in [1.54, 1.807) is 0 Å². The summed E-state index contributed by atoms with van der Waals surface area (Å²) in [7, 11) is 0. The maximum absolute atomic E-state index is 3.44. The van der Waals surface area contributed by atoms with Crippen LogP contribution in [0.3, 0.4) is 0 Å². The van der Waals surface area contributed by atoms with Gasteiger partial charge in [0.25, 0.3) is 0 Å². The fourth-order valence-electron chi connectivity index (χ4n) is 2.60. The van der Waals surface area contributed by atoms with Gasteiger partial charge in [-0.05, 0) is 37.8 Å². The second-order valence-electron chi connectivity index (χ2n) is 6.37. The van der Waals surface area contributed by atoms with E-state index in [2.05, 4.69) is 49.7 Å². The summed E-state index contributed by atoms with van der Waals surface area (Å²) >= 11 is 2.20. The van der Waals surface area contributed by atoms with Crippen LogP contribution in [0.4, 0.5) is 0 Å². The molecule has 18 heavy (non-hydrogen) atoms. The molecule has 3 heteroatoms. The Bertz CT molecular complexity index is 191. The predicted octanol–water partition coefficient (Wildman–Crippen LogP) is 3.09. The first-order chi connectivity index (χ1) is 8.58. The number of hydrogen-bond donors (Lipinski definition) is 1. The van der Waals surface area contributed by atoms with Crippen LogP contribution in [0.5, 0.6) is 0 Å². The Morgan fingerprint density at radius 1 is 1.06 bits per heavy atom. The molecule has 0 aromatic rings. The zero-order valence-corrected chi connectivity index (χ0v) is 13.6. The number of thioether (sulfide) groups is 1. The van der Waals surface area contributed by atoms with Crippen LogP contribution in [0, 0.1) is 11.8 Å². The third kappa shape index (κ3) is 7.65. The molecule has 2 nitrogen and oxygen atoms in total. The monoisotopic (exact) mass is 272 g/mol. The lowest BCUT2D eigenvalue weighted by molar-refractivity contribution is 0.232.